The van der Waals surface area contributed by atoms with Crippen molar-refractivity contribution in [2.24, 2.45) is 5.92 Å². The predicted octanol–water partition coefficient (Wildman–Crippen LogP) is 20.9. The Balaban J connectivity index is 0.000000157. The van der Waals surface area contributed by atoms with Crippen molar-refractivity contribution in [1.29, 1.82) is 0 Å². The Morgan fingerprint density at radius 3 is 0.822 bits per heavy atom. The summed E-state index contributed by atoms with van der Waals surface area (Å²) < 4.78 is 35.9. The minimum absolute atomic E-state index is 0.0146. The molecule has 0 bridgehead atoms. The van der Waals surface area contributed by atoms with Crippen LogP contribution in [0.15, 0.2) is 453 Å². The standard InChI is InChI=1S/4C18H15S.C12H15OS.C8H17NO3S.C5H13NO2.C5H11NO/c4*1-4-10-16(11-5-1)19(17-12-6-2-7-13-17)18-14-8-3-9-15-18;13-12(10-14-8-4-5-9-14)11-6-2-1-3-7-11;10-13(11,12)7-9-6-8-4-2-1-3-5-8;1-6(2-4-7)3-5-8;1-6-2-4-7-5-3-6/h4*1-15H;1-3,6-7H,4-5,8-10H2;8-9H,1-7H2,(H,10,11,12);7-8H,2-5H2,1H3;2-5H2,1H3/q5*+1;;;/p-1. The molecule has 0 aromatic heterocycles. The summed E-state index contributed by atoms with van der Waals surface area (Å²) in [5.74, 6) is 3.80. The van der Waals surface area contributed by atoms with E-state index in [2.05, 4.69) is 381 Å². The molecule has 0 amide bonds. The fourth-order valence-corrected chi connectivity index (χ4v) is 24.0. The largest absolute Gasteiger partial charge is 0.747 e. The van der Waals surface area contributed by atoms with Crippen molar-refractivity contribution in [1.82, 2.24) is 15.1 Å². The van der Waals surface area contributed by atoms with Crippen molar-refractivity contribution in [2.45, 2.75) is 104 Å². The average Bonchev–Trinajstić information content (AvgIpc) is 0.922. The van der Waals surface area contributed by atoms with E-state index in [-0.39, 0.29) is 56.8 Å². The molecule has 16 rings (SSSR count). The first-order valence-corrected chi connectivity index (χ1v) is 48.8. The lowest BCUT2D eigenvalue weighted by molar-refractivity contribution is 0.0503. The molecule has 13 aromatic rings. The van der Waals surface area contributed by atoms with Gasteiger partial charge in [0, 0.05) is 31.7 Å². The number of aliphatic hydroxyl groups is 2. The van der Waals surface area contributed by atoms with Crippen LogP contribution < -0.4 is 5.32 Å². The third-order valence-electron chi connectivity index (χ3n) is 18.9. The summed E-state index contributed by atoms with van der Waals surface area (Å²) in [6.45, 7) is 6.29. The van der Waals surface area contributed by atoms with Crippen LogP contribution in [0.2, 0.25) is 0 Å². The van der Waals surface area contributed by atoms with Crippen molar-refractivity contribution < 1.29 is 32.7 Å². The molecular weight excluding hydrogens is 1570 g/mol. The average molecular weight is 1690 g/mol. The molecule has 0 spiro atoms. The fourth-order valence-electron chi connectivity index (χ4n) is 13.0. The number of likely N-dealkylation sites (N-methyl/N-ethyl adjacent to an activating group) is 2. The Morgan fingerprint density at radius 2 is 0.619 bits per heavy atom. The van der Waals surface area contributed by atoms with Crippen LogP contribution in [0, 0.1) is 5.92 Å². The molecule has 0 atom stereocenters. The third-order valence-corrected chi connectivity index (χ3v) is 30.8. The van der Waals surface area contributed by atoms with Crippen molar-refractivity contribution in [3.63, 3.8) is 0 Å². The van der Waals surface area contributed by atoms with Gasteiger partial charge in [0.1, 0.15) is 21.6 Å². The summed E-state index contributed by atoms with van der Waals surface area (Å²) in [7, 11) is 0.215. The van der Waals surface area contributed by atoms with Crippen molar-refractivity contribution in [2.75, 3.05) is 96.4 Å². The molecule has 16 heteroatoms. The van der Waals surface area contributed by atoms with E-state index < -0.39 is 16.0 Å². The molecule has 118 heavy (non-hydrogen) atoms. The van der Waals surface area contributed by atoms with Gasteiger partial charge in [-0.2, -0.15) is 0 Å². The molecule has 0 radical (unpaired) electrons. The molecule has 10 nitrogen and oxygen atoms in total. The van der Waals surface area contributed by atoms with Gasteiger partial charge in [-0.1, -0.05) is 268 Å². The van der Waals surface area contributed by atoms with E-state index in [9.17, 15) is 17.8 Å². The van der Waals surface area contributed by atoms with Gasteiger partial charge in [0.15, 0.2) is 64.5 Å². The van der Waals surface area contributed by atoms with E-state index in [4.69, 9.17) is 14.9 Å². The number of Topliss-reactive ketones (excluding diaryl/α,β-unsaturated/α-hetero) is 1. The summed E-state index contributed by atoms with van der Waals surface area (Å²) in [4.78, 5) is 32.3. The van der Waals surface area contributed by atoms with Gasteiger partial charge in [-0.05, 0) is 209 Å². The van der Waals surface area contributed by atoms with Gasteiger partial charge in [0.05, 0.1) is 75.9 Å². The van der Waals surface area contributed by atoms with E-state index in [1.54, 1.807) is 0 Å². The monoisotopic (exact) mass is 1690 g/mol. The number of ketones is 1. The number of morpholine rings is 1. The summed E-state index contributed by atoms with van der Waals surface area (Å²) in [5, 5.41) is 19.4. The molecule has 2 heterocycles. The van der Waals surface area contributed by atoms with Crippen molar-refractivity contribution in [3.8, 4) is 0 Å². The second-order valence-corrected chi connectivity index (χ2v) is 39.8. The van der Waals surface area contributed by atoms with Gasteiger partial charge in [0.2, 0.25) is 5.78 Å². The summed E-state index contributed by atoms with van der Waals surface area (Å²) >= 11 is 0. The van der Waals surface area contributed by atoms with Crippen LogP contribution >= 0.6 is 0 Å². The number of benzene rings is 13. The van der Waals surface area contributed by atoms with E-state index in [0.717, 1.165) is 50.5 Å². The lowest BCUT2D eigenvalue weighted by Crippen LogP contribution is -2.32. The molecule has 13 aromatic carbocycles. The van der Waals surface area contributed by atoms with Gasteiger partial charge in [0.25, 0.3) is 0 Å². The van der Waals surface area contributed by atoms with E-state index >= 15 is 0 Å². The molecule has 1 aliphatic carbocycles. The highest BCUT2D eigenvalue weighted by molar-refractivity contribution is 7.98. The zero-order valence-electron chi connectivity index (χ0n) is 68.0. The zero-order chi connectivity index (χ0) is 82.7. The molecule has 3 N–H and O–H groups in total. The number of nitrogens with zero attached hydrogens (tertiary/aromatic N) is 2. The van der Waals surface area contributed by atoms with Gasteiger partial charge in [-0.25, -0.2) is 8.42 Å². The molecule has 3 aliphatic rings. The zero-order valence-corrected chi connectivity index (χ0v) is 72.9. The Kier molecular flexibility index (Phi) is 43.2. The topological polar surface area (TPSA) is 142 Å². The predicted molar refractivity (Wildman–Crippen MR) is 497 cm³/mol. The maximum atomic E-state index is 11.8. The van der Waals surface area contributed by atoms with Gasteiger partial charge in [-0.3, -0.25) is 4.79 Å². The number of nitrogens with one attached hydrogen (secondary N) is 1. The molecule has 0 unspecified atom stereocenters. The van der Waals surface area contributed by atoms with Crippen LogP contribution in [0.25, 0.3) is 0 Å². The molecule has 2 aliphatic heterocycles. The highest BCUT2D eigenvalue weighted by Crippen LogP contribution is 2.35. The summed E-state index contributed by atoms with van der Waals surface area (Å²) in [5.41, 5.74) is 0.881. The minimum atomic E-state index is -4.09. The first-order chi connectivity index (χ1) is 57.9. The van der Waals surface area contributed by atoms with Crippen molar-refractivity contribution >= 4 is 70.4 Å². The Hall–Kier alpha value is -9.05. The highest BCUT2D eigenvalue weighted by Gasteiger charge is 2.32. The van der Waals surface area contributed by atoms with E-state index in [0.29, 0.717) is 42.2 Å². The van der Waals surface area contributed by atoms with E-state index in [1.165, 1.54) is 102 Å². The van der Waals surface area contributed by atoms with Crippen LogP contribution in [0.5, 0.6) is 0 Å². The molecule has 2 saturated heterocycles. The van der Waals surface area contributed by atoms with Gasteiger partial charge in [-0.15, -0.1) is 0 Å². The Morgan fingerprint density at radius 1 is 0.390 bits per heavy atom. The molecule has 1 saturated carbocycles. The lowest BCUT2D eigenvalue weighted by Gasteiger charge is -2.22. The number of hydrogen-bond acceptors (Lipinski definition) is 10. The highest BCUT2D eigenvalue weighted by atomic mass is 32.2. The molecule has 612 valence electrons. The van der Waals surface area contributed by atoms with Crippen LogP contribution in [-0.4, -0.2) is 135 Å². The normalized spacial score (nSPS) is 13.3. The van der Waals surface area contributed by atoms with Gasteiger partial charge < -0.3 is 34.6 Å². The number of carbonyl (C=O) groups is 1. The third kappa shape index (κ3) is 34.4. The number of ether oxygens (including phenoxy) is 1. The van der Waals surface area contributed by atoms with Gasteiger partial charge >= 0.3 is 0 Å². The van der Waals surface area contributed by atoms with Crippen LogP contribution in [-0.2, 0) is 69.3 Å². The van der Waals surface area contributed by atoms with Crippen molar-refractivity contribution in [3.05, 3.63) is 400 Å². The molecular formula is C102H115N3O7S6+4. The van der Waals surface area contributed by atoms with Crippen LogP contribution in [0.3, 0.4) is 0 Å². The maximum absolute atomic E-state index is 11.8. The quantitative estimate of drug-likeness (QED) is 0.0322. The second kappa shape index (κ2) is 54.9. The SMILES string of the molecule is CN(CCO)CCO.CN1CCOCC1.O=C(C[S+]1CCCC1)c1ccccc1.O=S(=O)([O-])CNCC1CCCCC1.c1ccc([S+](c2ccccc2)c2ccccc2)cc1.c1ccc([S+](c2ccccc2)c2ccccc2)cc1.c1ccc([S+](c2ccccc2)c2ccccc2)cc1.c1ccc([S+](c2ccccc2)c2ccccc2)cc1. The number of carbonyl (C=O) groups excluding carboxylic acids is 1. The van der Waals surface area contributed by atoms with Crippen LogP contribution in [0.1, 0.15) is 55.3 Å². The smallest absolute Gasteiger partial charge is 0.211 e. The first kappa shape index (κ1) is 92.8. The molecule has 3 fully saturated rings. The summed E-state index contributed by atoms with van der Waals surface area (Å²) in [6.07, 6.45) is 8.72. The number of aliphatic hydroxyl groups excluding tert-OH is 2. The maximum Gasteiger partial charge on any atom is 0.211 e. The fraction of sp³-hybridized carbons (Fsp3) is 0.225. The van der Waals surface area contributed by atoms with E-state index in [1.807, 2.05) is 42.3 Å². The lowest BCUT2D eigenvalue weighted by atomic mass is 9.89. The minimum Gasteiger partial charge on any atom is -0.747 e. The first-order valence-electron chi connectivity index (χ1n) is 40.6. The second-order valence-electron chi connectivity index (χ2n) is 28.0. The summed E-state index contributed by atoms with van der Waals surface area (Å²) in [6, 6.07) is 138. The van der Waals surface area contributed by atoms with Crippen LogP contribution in [0.4, 0.5) is 0 Å². The number of hydrogen-bond donors (Lipinski definition) is 3. The number of rotatable bonds is 23. The Bertz CT molecular complexity index is 3960. The Labute approximate surface area is 718 Å².